The monoisotopic (exact) mass is 434 g/mol. The van der Waals surface area contributed by atoms with E-state index in [9.17, 15) is 13.2 Å². The predicted octanol–water partition coefficient (Wildman–Crippen LogP) is 2.81. The molecule has 1 aliphatic rings. The average Bonchev–Trinajstić information content (AvgIpc) is 3.25. The van der Waals surface area contributed by atoms with E-state index < -0.39 is 22.0 Å². The number of amides is 1. The largest absolute Gasteiger partial charge is 0.497 e. The van der Waals surface area contributed by atoms with Crippen molar-refractivity contribution in [2.75, 3.05) is 33.2 Å². The van der Waals surface area contributed by atoms with Crippen LogP contribution >= 0.6 is 0 Å². The van der Waals surface area contributed by atoms with E-state index in [2.05, 4.69) is 5.32 Å². The highest BCUT2D eigenvalue weighted by Gasteiger charge is 2.40. The van der Waals surface area contributed by atoms with Gasteiger partial charge in [-0.2, -0.15) is 4.31 Å². The van der Waals surface area contributed by atoms with E-state index in [4.69, 9.17) is 14.2 Å². The SMILES string of the molecule is COc1ccc(NC(=O)[C@H]2CCCN2S(=O)(=O)c2cc(OC)ccc2C)c(OC)c1. The molecule has 0 bridgehead atoms. The zero-order valence-electron chi connectivity index (χ0n) is 17.5. The van der Waals surface area contributed by atoms with Gasteiger partial charge < -0.3 is 19.5 Å². The average molecular weight is 435 g/mol. The quantitative estimate of drug-likeness (QED) is 0.720. The number of nitrogens with zero attached hydrogens (tertiary/aromatic N) is 1. The number of hydrogen-bond donors (Lipinski definition) is 1. The van der Waals surface area contributed by atoms with Crippen molar-refractivity contribution in [3.63, 3.8) is 0 Å². The van der Waals surface area contributed by atoms with Gasteiger partial charge in [0.1, 0.15) is 23.3 Å². The van der Waals surface area contributed by atoms with Gasteiger partial charge >= 0.3 is 0 Å². The predicted molar refractivity (Wildman–Crippen MR) is 113 cm³/mol. The van der Waals surface area contributed by atoms with Crippen LogP contribution in [0.4, 0.5) is 5.69 Å². The molecular weight excluding hydrogens is 408 g/mol. The smallest absolute Gasteiger partial charge is 0.244 e. The molecule has 0 saturated carbocycles. The lowest BCUT2D eigenvalue weighted by molar-refractivity contribution is -0.119. The number of anilines is 1. The van der Waals surface area contributed by atoms with Crippen molar-refractivity contribution in [3.8, 4) is 17.2 Å². The highest BCUT2D eigenvalue weighted by atomic mass is 32.2. The second-order valence-electron chi connectivity index (χ2n) is 6.96. The summed E-state index contributed by atoms with van der Waals surface area (Å²) < 4.78 is 43.6. The second-order valence-corrected chi connectivity index (χ2v) is 8.82. The van der Waals surface area contributed by atoms with Gasteiger partial charge in [-0.1, -0.05) is 6.07 Å². The fourth-order valence-corrected chi connectivity index (χ4v) is 5.42. The lowest BCUT2D eigenvalue weighted by atomic mass is 10.2. The van der Waals surface area contributed by atoms with Crippen molar-refractivity contribution in [1.82, 2.24) is 4.31 Å². The van der Waals surface area contributed by atoms with Gasteiger partial charge in [0.15, 0.2) is 0 Å². The number of aryl methyl sites for hydroxylation is 1. The van der Waals surface area contributed by atoms with Crippen molar-refractivity contribution in [3.05, 3.63) is 42.0 Å². The first-order chi connectivity index (χ1) is 14.3. The third-order valence-electron chi connectivity index (χ3n) is 5.15. The number of carbonyl (C=O) groups excluding carboxylic acids is 1. The normalized spacial score (nSPS) is 16.9. The molecule has 3 rings (SSSR count). The summed E-state index contributed by atoms with van der Waals surface area (Å²) in [4.78, 5) is 13.1. The highest BCUT2D eigenvalue weighted by molar-refractivity contribution is 7.89. The number of methoxy groups -OCH3 is 3. The Bertz CT molecular complexity index is 1040. The van der Waals surface area contributed by atoms with E-state index in [1.165, 1.54) is 31.7 Å². The van der Waals surface area contributed by atoms with Crippen LogP contribution in [0.15, 0.2) is 41.3 Å². The number of hydrogen-bond acceptors (Lipinski definition) is 6. The van der Waals surface area contributed by atoms with Gasteiger partial charge in [-0.25, -0.2) is 8.42 Å². The molecule has 0 radical (unpaired) electrons. The van der Waals surface area contributed by atoms with Crippen LogP contribution in [0.3, 0.4) is 0 Å². The molecule has 0 spiro atoms. The van der Waals surface area contributed by atoms with Crippen LogP contribution in [0.5, 0.6) is 17.2 Å². The van der Waals surface area contributed by atoms with Crippen LogP contribution in [0.2, 0.25) is 0 Å². The van der Waals surface area contributed by atoms with E-state index in [1.54, 1.807) is 37.3 Å². The van der Waals surface area contributed by atoms with Gasteiger partial charge in [-0.3, -0.25) is 4.79 Å². The fraction of sp³-hybridized carbons (Fsp3) is 0.381. The Kier molecular flexibility index (Phi) is 6.52. The Morgan fingerprint density at radius 1 is 1.03 bits per heavy atom. The minimum atomic E-state index is -3.87. The Morgan fingerprint density at radius 2 is 1.70 bits per heavy atom. The van der Waals surface area contributed by atoms with Gasteiger partial charge in [0.05, 0.1) is 31.9 Å². The third kappa shape index (κ3) is 4.22. The Morgan fingerprint density at radius 3 is 2.37 bits per heavy atom. The fourth-order valence-electron chi connectivity index (χ4n) is 3.52. The first kappa shape index (κ1) is 21.9. The van der Waals surface area contributed by atoms with Crippen LogP contribution in [-0.4, -0.2) is 52.5 Å². The van der Waals surface area contributed by atoms with E-state index >= 15 is 0 Å². The number of sulfonamides is 1. The molecule has 2 aromatic carbocycles. The second kappa shape index (κ2) is 8.93. The molecule has 30 heavy (non-hydrogen) atoms. The Balaban J connectivity index is 1.88. The number of nitrogens with one attached hydrogen (secondary N) is 1. The highest BCUT2D eigenvalue weighted by Crippen LogP contribution is 2.33. The molecule has 8 nitrogen and oxygen atoms in total. The summed E-state index contributed by atoms with van der Waals surface area (Å²) in [6.45, 7) is 2.00. The van der Waals surface area contributed by atoms with E-state index in [0.29, 0.717) is 41.3 Å². The molecule has 0 aliphatic carbocycles. The minimum absolute atomic E-state index is 0.142. The van der Waals surface area contributed by atoms with Gasteiger partial charge in [-0.05, 0) is 43.5 Å². The van der Waals surface area contributed by atoms with Crippen molar-refractivity contribution >= 4 is 21.6 Å². The molecule has 9 heteroatoms. The van der Waals surface area contributed by atoms with Gasteiger partial charge in [0, 0.05) is 18.7 Å². The Hall–Kier alpha value is -2.78. The summed E-state index contributed by atoms with van der Waals surface area (Å²) >= 11 is 0. The van der Waals surface area contributed by atoms with E-state index in [0.717, 1.165) is 0 Å². The first-order valence-electron chi connectivity index (χ1n) is 9.51. The van der Waals surface area contributed by atoms with Gasteiger partial charge in [0.25, 0.3) is 0 Å². The van der Waals surface area contributed by atoms with Crippen LogP contribution < -0.4 is 19.5 Å². The van der Waals surface area contributed by atoms with Crippen LogP contribution in [0.1, 0.15) is 18.4 Å². The van der Waals surface area contributed by atoms with E-state index in [-0.39, 0.29) is 11.4 Å². The zero-order valence-corrected chi connectivity index (χ0v) is 18.3. The Labute approximate surface area is 176 Å². The van der Waals surface area contributed by atoms with Gasteiger partial charge in [0.2, 0.25) is 15.9 Å². The van der Waals surface area contributed by atoms with E-state index in [1.807, 2.05) is 0 Å². The number of carbonyl (C=O) groups is 1. The summed E-state index contributed by atoms with van der Waals surface area (Å²) in [5, 5.41) is 2.80. The lowest BCUT2D eigenvalue weighted by Crippen LogP contribution is -2.43. The van der Waals surface area contributed by atoms with Gasteiger partial charge in [-0.15, -0.1) is 0 Å². The van der Waals surface area contributed by atoms with Crippen molar-refractivity contribution in [2.24, 2.45) is 0 Å². The lowest BCUT2D eigenvalue weighted by Gasteiger charge is -2.24. The maximum Gasteiger partial charge on any atom is 0.244 e. The summed E-state index contributed by atoms with van der Waals surface area (Å²) in [6.07, 6.45) is 1.03. The molecule has 1 N–H and O–H groups in total. The first-order valence-corrected chi connectivity index (χ1v) is 10.9. The molecule has 0 aromatic heterocycles. The van der Waals surface area contributed by atoms with Crippen LogP contribution in [0, 0.1) is 6.92 Å². The number of ether oxygens (including phenoxy) is 3. The van der Waals surface area contributed by atoms with Crippen molar-refractivity contribution in [1.29, 1.82) is 0 Å². The molecule has 1 aliphatic heterocycles. The van der Waals surface area contributed by atoms with Crippen LogP contribution in [0.25, 0.3) is 0 Å². The summed E-state index contributed by atoms with van der Waals surface area (Å²) in [7, 11) is 0.633. The molecular formula is C21H26N2O6S. The topological polar surface area (TPSA) is 94.2 Å². The number of rotatable bonds is 7. The van der Waals surface area contributed by atoms with Crippen molar-refractivity contribution in [2.45, 2.75) is 30.7 Å². The maximum absolute atomic E-state index is 13.3. The molecule has 1 amide bonds. The summed E-state index contributed by atoms with van der Waals surface area (Å²) in [5.41, 5.74) is 1.05. The van der Waals surface area contributed by atoms with Crippen molar-refractivity contribution < 1.29 is 27.4 Å². The molecule has 1 heterocycles. The molecule has 1 atom stereocenters. The summed E-state index contributed by atoms with van der Waals surface area (Å²) in [6, 6.07) is 9.09. The molecule has 2 aromatic rings. The summed E-state index contributed by atoms with van der Waals surface area (Å²) in [5.74, 6) is 1.06. The van der Waals surface area contributed by atoms with Crippen LogP contribution in [-0.2, 0) is 14.8 Å². The number of benzene rings is 2. The third-order valence-corrected chi connectivity index (χ3v) is 7.21. The standard InChI is InChI=1S/C21H26N2O6S/c1-14-7-8-16(28-3)13-20(14)30(25,26)23-11-5-6-18(23)21(24)22-17-10-9-15(27-2)12-19(17)29-4/h7-10,12-13,18H,5-6,11H2,1-4H3,(H,22,24)/t18-/m1/s1. The molecule has 1 fully saturated rings. The maximum atomic E-state index is 13.3. The zero-order chi connectivity index (χ0) is 21.9. The molecule has 1 saturated heterocycles. The molecule has 0 unspecified atom stereocenters. The molecule has 162 valence electrons. The minimum Gasteiger partial charge on any atom is -0.497 e.